The smallest absolute Gasteiger partial charge is 0.405 e. The van der Waals surface area contributed by atoms with E-state index in [1.807, 2.05) is 0 Å². The molecule has 1 aliphatic rings. The van der Waals surface area contributed by atoms with Crippen LogP contribution in [0.3, 0.4) is 0 Å². The molecule has 1 heterocycles. The van der Waals surface area contributed by atoms with Crippen molar-refractivity contribution in [1.29, 1.82) is 0 Å². The van der Waals surface area contributed by atoms with Crippen molar-refractivity contribution in [3.05, 3.63) is 29.8 Å². The van der Waals surface area contributed by atoms with Crippen molar-refractivity contribution < 1.29 is 22.7 Å². The minimum atomic E-state index is -4.81. The van der Waals surface area contributed by atoms with E-state index in [0.29, 0.717) is 6.54 Å². The molecule has 2 rings (SSSR count). The maximum atomic E-state index is 12.2. The Hall–Kier alpha value is -1.76. The first kappa shape index (κ1) is 13.7. The van der Waals surface area contributed by atoms with Gasteiger partial charge in [0.1, 0.15) is 5.75 Å². The van der Waals surface area contributed by atoms with E-state index in [1.54, 1.807) is 0 Å². The average Bonchev–Trinajstić information content (AvgIpc) is 2.80. The van der Waals surface area contributed by atoms with Gasteiger partial charge in [-0.15, -0.1) is 13.2 Å². The lowest BCUT2D eigenvalue weighted by Crippen LogP contribution is -2.36. The molecule has 0 spiro atoms. The van der Waals surface area contributed by atoms with Crippen molar-refractivity contribution in [3.8, 4) is 5.75 Å². The zero-order chi connectivity index (χ0) is 13.9. The Bertz CT molecular complexity index is 457. The van der Waals surface area contributed by atoms with Gasteiger partial charge >= 0.3 is 6.36 Å². The molecule has 0 radical (unpaired) electrons. The number of nitrogens with one attached hydrogen (secondary N) is 2. The molecule has 1 aromatic carbocycles. The van der Waals surface area contributed by atoms with Crippen LogP contribution in [0.4, 0.5) is 13.2 Å². The highest BCUT2D eigenvalue weighted by Crippen LogP contribution is 2.26. The highest BCUT2D eigenvalue weighted by atomic mass is 19.4. The van der Waals surface area contributed by atoms with Crippen LogP contribution in [0.1, 0.15) is 16.8 Å². The molecule has 7 heteroatoms. The van der Waals surface area contributed by atoms with Crippen LogP contribution in [0.15, 0.2) is 24.3 Å². The third-order valence-electron chi connectivity index (χ3n) is 2.75. The molecule has 1 atom stereocenters. The van der Waals surface area contributed by atoms with Gasteiger partial charge in [-0.05, 0) is 25.1 Å². The first-order valence-electron chi connectivity index (χ1n) is 5.82. The lowest BCUT2D eigenvalue weighted by Gasteiger charge is -2.15. The monoisotopic (exact) mass is 274 g/mol. The molecular weight excluding hydrogens is 261 g/mol. The summed E-state index contributed by atoms with van der Waals surface area (Å²) < 4.78 is 40.5. The molecule has 1 fully saturated rings. The summed E-state index contributed by atoms with van der Waals surface area (Å²) in [5, 5.41) is 5.73. The van der Waals surface area contributed by atoms with E-state index in [4.69, 9.17) is 0 Å². The molecule has 0 saturated carbocycles. The molecule has 0 aromatic heterocycles. The van der Waals surface area contributed by atoms with E-state index in [2.05, 4.69) is 15.4 Å². The van der Waals surface area contributed by atoms with E-state index in [9.17, 15) is 18.0 Å². The molecule has 0 aliphatic carbocycles. The van der Waals surface area contributed by atoms with E-state index in [0.717, 1.165) is 19.0 Å². The normalized spacial score (nSPS) is 19.2. The van der Waals surface area contributed by atoms with Crippen molar-refractivity contribution in [3.63, 3.8) is 0 Å². The first-order valence-corrected chi connectivity index (χ1v) is 5.82. The number of halogens is 3. The molecular formula is C12H13F3N2O2. The van der Waals surface area contributed by atoms with Crippen molar-refractivity contribution in [1.82, 2.24) is 10.6 Å². The summed E-state index contributed by atoms with van der Waals surface area (Å²) in [5.74, 6) is -1.05. The van der Waals surface area contributed by atoms with Gasteiger partial charge in [0.2, 0.25) is 0 Å². The fraction of sp³-hybridized carbons (Fsp3) is 0.417. The second kappa shape index (κ2) is 5.48. The minimum Gasteiger partial charge on any atom is -0.405 e. The SMILES string of the molecule is O=C(NC1CCNC1)c1ccccc1OC(F)(F)F. The van der Waals surface area contributed by atoms with E-state index < -0.39 is 18.0 Å². The fourth-order valence-electron chi connectivity index (χ4n) is 1.91. The number of amides is 1. The lowest BCUT2D eigenvalue weighted by atomic mass is 10.1. The fourth-order valence-corrected chi connectivity index (χ4v) is 1.91. The van der Waals surface area contributed by atoms with Crippen LogP contribution in [0.2, 0.25) is 0 Å². The second-order valence-corrected chi connectivity index (χ2v) is 4.21. The van der Waals surface area contributed by atoms with Crippen molar-refractivity contribution in [2.75, 3.05) is 13.1 Å². The van der Waals surface area contributed by atoms with Gasteiger partial charge in [-0.3, -0.25) is 4.79 Å². The summed E-state index contributed by atoms with van der Waals surface area (Å²) in [6.07, 6.45) is -4.06. The Balaban J connectivity index is 2.11. The topological polar surface area (TPSA) is 50.4 Å². The number of rotatable bonds is 3. The predicted octanol–water partition coefficient (Wildman–Crippen LogP) is 1.68. The number of benzene rings is 1. The number of carbonyl (C=O) groups is 1. The summed E-state index contributed by atoms with van der Waals surface area (Å²) in [5.41, 5.74) is -0.119. The first-order chi connectivity index (χ1) is 8.96. The summed E-state index contributed by atoms with van der Waals surface area (Å²) >= 11 is 0. The maximum absolute atomic E-state index is 12.2. The summed E-state index contributed by atoms with van der Waals surface area (Å²) in [4.78, 5) is 11.9. The van der Waals surface area contributed by atoms with Crippen LogP contribution in [0.5, 0.6) is 5.75 Å². The molecule has 1 saturated heterocycles. The van der Waals surface area contributed by atoms with Gasteiger partial charge < -0.3 is 15.4 Å². The molecule has 4 nitrogen and oxygen atoms in total. The van der Waals surface area contributed by atoms with Gasteiger partial charge in [0.05, 0.1) is 5.56 Å². The molecule has 2 N–H and O–H groups in total. The van der Waals surface area contributed by atoms with Crippen LogP contribution < -0.4 is 15.4 Å². The van der Waals surface area contributed by atoms with Crippen molar-refractivity contribution in [2.24, 2.45) is 0 Å². The molecule has 1 aliphatic heterocycles. The molecule has 1 amide bonds. The number of alkyl halides is 3. The number of para-hydroxylation sites is 1. The van der Waals surface area contributed by atoms with Crippen molar-refractivity contribution in [2.45, 2.75) is 18.8 Å². The number of hydrogen-bond acceptors (Lipinski definition) is 3. The highest BCUT2D eigenvalue weighted by Gasteiger charge is 2.33. The van der Waals surface area contributed by atoms with Crippen LogP contribution in [-0.2, 0) is 0 Å². The van der Waals surface area contributed by atoms with E-state index in [-0.39, 0.29) is 11.6 Å². The van der Waals surface area contributed by atoms with Gasteiger partial charge in [0.25, 0.3) is 5.91 Å². The zero-order valence-corrected chi connectivity index (χ0v) is 9.96. The van der Waals surface area contributed by atoms with Crippen LogP contribution in [0.25, 0.3) is 0 Å². The molecule has 1 aromatic rings. The van der Waals surface area contributed by atoms with Gasteiger partial charge in [-0.1, -0.05) is 12.1 Å². The van der Waals surface area contributed by atoms with Gasteiger partial charge in [0.15, 0.2) is 0 Å². The van der Waals surface area contributed by atoms with E-state index >= 15 is 0 Å². The molecule has 1 unspecified atom stereocenters. The standard InChI is InChI=1S/C12H13F3N2O2/c13-12(14,15)19-10-4-2-1-3-9(10)11(18)17-8-5-6-16-7-8/h1-4,8,16H,5-7H2,(H,17,18). The predicted molar refractivity (Wildman–Crippen MR) is 61.9 cm³/mol. The number of carbonyl (C=O) groups excluding carboxylic acids is 1. The van der Waals surface area contributed by atoms with Crippen LogP contribution >= 0.6 is 0 Å². The Morgan fingerprint density at radius 2 is 2.11 bits per heavy atom. The Kier molecular flexibility index (Phi) is 3.94. The second-order valence-electron chi connectivity index (χ2n) is 4.21. The lowest BCUT2D eigenvalue weighted by molar-refractivity contribution is -0.274. The zero-order valence-electron chi connectivity index (χ0n) is 9.96. The Morgan fingerprint density at radius 3 is 2.74 bits per heavy atom. The summed E-state index contributed by atoms with van der Waals surface area (Å²) in [7, 11) is 0. The number of ether oxygens (including phenoxy) is 1. The highest BCUT2D eigenvalue weighted by molar-refractivity contribution is 5.97. The minimum absolute atomic E-state index is 0.0635. The summed E-state index contributed by atoms with van der Waals surface area (Å²) in [6, 6.07) is 5.24. The molecule has 104 valence electrons. The molecule has 0 bridgehead atoms. The van der Waals surface area contributed by atoms with Crippen LogP contribution in [0, 0.1) is 0 Å². The average molecular weight is 274 g/mol. The van der Waals surface area contributed by atoms with Crippen molar-refractivity contribution >= 4 is 5.91 Å². The maximum Gasteiger partial charge on any atom is 0.573 e. The van der Waals surface area contributed by atoms with Gasteiger partial charge in [-0.2, -0.15) is 0 Å². The summed E-state index contributed by atoms with van der Waals surface area (Å²) in [6.45, 7) is 1.40. The Labute approximate surface area is 107 Å². The third kappa shape index (κ3) is 3.85. The van der Waals surface area contributed by atoms with Gasteiger partial charge in [-0.25, -0.2) is 0 Å². The van der Waals surface area contributed by atoms with E-state index in [1.165, 1.54) is 18.2 Å². The van der Waals surface area contributed by atoms with Gasteiger partial charge in [0, 0.05) is 12.6 Å². The largest absolute Gasteiger partial charge is 0.573 e. The third-order valence-corrected chi connectivity index (χ3v) is 2.75. The molecule has 19 heavy (non-hydrogen) atoms. The number of hydrogen-bond donors (Lipinski definition) is 2. The quantitative estimate of drug-likeness (QED) is 0.881. The van der Waals surface area contributed by atoms with Crippen LogP contribution in [-0.4, -0.2) is 31.4 Å². The Morgan fingerprint density at radius 1 is 1.37 bits per heavy atom.